The quantitative estimate of drug-likeness (QED) is 0.780. The minimum Gasteiger partial charge on any atom is -0.495 e. The Balaban J connectivity index is 2.21. The third kappa shape index (κ3) is 3.28. The molecule has 2 aromatic carbocycles. The minimum atomic E-state index is -0.0300. The van der Waals surface area contributed by atoms with Gasteiger partial charge < -0.3 is 4.74 Å². The number of hydrogen-bond donors (Lipinski definition) is 0. The van der Waals surface area contributed by atoms with Crippen LogP contribution in [0.5, 0.6) is 5.75 Å². The van der Waals surface area contributed by atoms with E-state index in [4.69, 9.17) is 27.9 Å². The van der Waals surface area contributed by atoms with Gasteiger partial charge in [-0.1, -0.05) is 41.4 Å². The highest BCUT2D eigenvalue weighted by atomic mass is 35.5. The van der Waals surface area contributed by atoms with Gasteiger partial charge in [0.05, 0.1) is 12.1 Å². The zero-order valence-electron chi connectivity index (χ0n) is 10.3. The monoisotopic (exact) mass is 294 g/mol. The van der Waals surface area contributed by atoms with Gasteiger partial charge in [-0.25, -0.2) is 0 Å². The van der Waals surface area contributed by atoms with Crippen molar-refractivity contribution in [2.45, 2.75) is 6.42 Å². The Kier molecular flexibility index (Phi) is 4.46. The van der Waals surface area contributed by atoms with E-state index in [0.717, 1.165) is 5.56 Å². The second kappa shape index (κ2) is 6.09. The molecule has 0 unspecified atom stereocenters. The summed E-state index contributed by atoms with van der Waals surface area (Å²) in [6, 6.07) is 12.3. The van der Waals surface area contributed by atoms with Crippen LogP contribution in [-0.4, -0.2) is 12.9 Å². The standard InChI is InChI=1S/C15H12Cl2O2/c1-19-15-7-6-11(8-13(15)17)14(18)9-10-4-2-3-5-12(10)16/h2-8H,9H2,1H3. The summed E-state index contributed by atoms with van der Waals surface area (Å²) in [6.45, 7) is 0. The Bertz CT molecular complexity index is 609. The van der Waals surface area contributed by atoms with Crippen molar-refractivity contribution in [1.82, 2.24) is 0 Å². The molecule has 98 valence electrons. The van der Waals surface area contributed by atoms with Crippen LogP contribution in [0, 0.1) is 0 Å². The van der Waals surface area contributed by atoms with Crippen molar-refractivity contribution in [2.75, 3.05) is 7.11 Å². The maximum absolute atomic E-state index is 12.2. The van der Waals surface area contributed by atoms with Crippen LogP contribution in [-0.2, 0) is 6.42 Å². The molecule has 0 saturated heterocycles. The average molecular weight is 295 g/mol. The van der Waals surface area contributed by atoms with E-state index in [9.17, 15) is 4.79 Å². The zero-order chi connectivity index (χ0) is 13.8. The average Bonchev–Trinajstić information content (AvgIpc) is 2.41. The van der Waals surface area contributed by atoms with E-state index in [1.54, 1.807) is 24.3 Å². The van der Waals surface area contributed by atoms with Crippen molar-refractivity contribution in [3.8, 4) is 5.75 Å². The summed E-state index contributed by atoms with van der Waals surface area (Å²) in [5, 5.41) is 1.02. The van der Waals surface area contributed by atoms with Crippen molar-refractivity contribution in [2.24, 2.45) is 0 Å². The number of ether oxygens (including phenoxy) is 1. The number of hydrogen-bond acceptors (Lipinski definition) is 2. The first-order chi connectivity index (χ1) is 9.11. The molecule has 2 nitrogen and oxygen atoms in total. The van der Waals surface area contributed by atoms with E-state index in [1.165, 1.54) is 7.11 Å². The first-order valence-corrected chi connectivity index (χ1v) is 6.47. The first kappa shape index (κ1) is 13.9. The van der Waals surface area contributed by atoms with E-state index in [1.807, 2.05) is 18.2 Å². The van der Waals surface area contributed by atoms with Gasteiger partial charge in [-0.3, -0.25) is 4.79 Å². The van der Waals surface area contributed by atoms with Crippen LogP contribution in [0.1, 0.15) is 15.9 Å². The van der Waals surface area contributed by atoms with Crippen molar-refractivity contribution < 1.29 is 9.53 Å². The zero-order valence-corrected chi connectivity index (χ0v) is 11.8. The number of rotatable bonds is 4. The summed E-state index contributed by atoms with van der Waals surface area (Å²) in [4.78, 5) is 12.2. The SMILES string of the molecule is COc1ccc(C(=O)Cc2ccccc2Cl)cc1Cl. The maximum Gasteiger partial charge on any atom is 0.167 e. The highest BCUT2D eigenvalue weighted by molar-refractivity contribution is 6.32. The molecule has 0 saturated carbocycles. The first-order valence-electron chi connectivity index (χ1n) is 5.72. The van der Waals surface area contributed by atoms with E-state index >= 15 is 0 Å². The lowest BCUT2D eigenvalue weighted by Gasteiger charge is -2.06. The number of methoxy groups -OCH3 is 1. The number of benzene rings is 2. The molecule has 2 aromatic rings. The Labute approximate surface area is 121 Å². The van der Waals surface area contributed by atoms with Crippen molar-refractivity contribution in [1.29, 1.82) is 0 Å². The summed E-state index contributed by atoms with van der Waals surface area (Å²) in [7, 11) is 1.53. The number of ketones is 1. The molecule has 0 aromatic heterocycles. The van der Waals surface area contributed by atoms with Crippen LogP contribution in [0.15, 0.2) is 42.5 Å². The highest BCUT2D eigenvalue weighted by Crippen LogP contribution is 2.26. The molecule has 0 aliphatic carbocycles. The van der Waals surface area contributed by atoms with E-state index < -0.39 is 0 Å². The molecule has 4 heteroatoms. The Hall–Kier alpha value is -1.51. The third-order valence-electron chi connectivity index (χ3n) is 2.78. The minimum absolute atomic E-state index is 0.0300. The lowest BCUT2D eigenvalue weighted by Crippen LogP contribution is -2.04. The van der Waals surface area contributed by atoms with Gasteiger partial charge in [-0.15, -0.1) is 0 Å². The smallest absolute Gasteiger partial charge is 0.167 e. The van der Waals surface area contributed by atoms with Gasteiger partial charge in [0.1, 0.15) is 5.75 Å². The summed E-state index contributed by atoms with van der Waals surface area (Å²) in [6.07, 6.45) is 0.252. The van der Waals surface area contributed by atoms with Crippen LogP contribution in [0.2, 0.25) is 10.0 Å². The summed E-state index contributed by atoms with van der Waals surface area (Å²) < 4.78 is 5.05. The number of halogens is 2. The predicted molar refractivity (Wildman–Crippen MR) is 77.5 cm³/mol. The molecule has 0 heterocycles. The lowest BCUT2D eigenvalue weighted by molar-refractivity contribution is 0.0993. The molecule has 0 atom stereocenters. The molecule has 0 aliphatic heterocycles. The van der Waals surface area contributed by atoms with Gasteiger partial charge in [-0.05, 0) is 29.8 Å². The number of carbonyl (C=O) groups is 1. The molecule has 0 aliphatic rings. The van der Waals surface area contributed by atoms with Gasteiger partial charge in [0.2, 0.25) is 0 Å². The van der Waals surface area contributed by atoms with E-state index in [2.05, 4.69) is 0 Å². The van der Waals surface area contributed by atoms with Crippen LogP contribution in [0.4, 0.5) is 0 Å². The topological polar surface area (TPSA) is 26.3 Å². The second-order valence-corrected chi connectivity index (χ2v) is 4.86. The normalized spacial score (nSPS) is 10.3. The van der Waals surface area contributed by atoms with E-state index in [-0.39, 0.29) is 12.2 Å². The van der Waals surface area contributed by atoms with Crippen LogP contribution in [0.25, 0.3) is 0 Å². The lowest BCUT2D eigenvalue weighted by atomic mass is 10.0. The molecular formula is C15H12Cl2O2. The fraction of sp³-hybridized carbons (Fsp3) is 0.133. The third-order valence-corrected chi connectivity index (χ3v) is 3.45. The summed E-state index contributed by atoms with van der Waals surface area (Å²) >= 11 is 12.0. The predicted octanol–water partition coefficient (Wildman–Crippen LogP) is 4.43. The van der Waals surface area contributed by atoms with Gasteiger partial charge in [-0.2, -0.15) is 0 Å². The maximum atomic E-state index is 12.2. The van der Waals surface area contributed by atoms with Crippen molar-refractivity contribution in [3.05, 3.63) is 63.6 Å². The van der Waals surface area contributed by atoms with Gasteiger partial charge in [0.15, 0.2) is 5.78 Å². The molecule has 0 bridgehead atoms. The molecule has 0 radical (unpaired) electrons. The Morgan fingerprint density at radius 2 is 1.84 bits per heavy atom. The van der Waals surface area contributed by atoms with E-state index in [0.29, 0.717) is 21.4 Å². The second-order valence-electron chi connectivity index (χ2n) is 4.04. The van der Waals surface area contributed by atoms with Crippen molar-refractivity contribution >= 4 is 29.0 Å². The van der Waals surface area contributed by atoms with Gasteiger partial charge >= 0.3 is 0 Å². The molecular weight excluding hydrogens is 283 g/mol. The van der Waals surface area contributed by atoms with Crippen LogP contribution >= 0.6 is 23.2 Å². The van der Waals surface area contributed by atoms with Crippen molar-refractivity contribution in [3.63, 3.8) is 0 Å². The highest BCUT2D eigenvalue weighted by Gasteiger charge is 2.11. The molecule has 2 rings (SSSR count). The van der Waals surface area contributed by atoms with Crippen LogP contribution < -0.4 is 4.74 Å². The van der Waals surface area contributed by atoms with Gasteiger partial charge in [0, 0.05) is 17.0 Å². The molecule has 0 amide bonds. The van der Waals surface area contributed by atoms with Crippen LogP contribution in [0.3, 0.4) is 0 Å². The molecule has 0 N–H and O–H groups in total. The summed E-state index contributed by atoms with van der Waals surface area (Å²) in [5.41, 5.74) is 1.35. The fourth-order valence-electron chi connectivity index (χ4n) is 1.76. The molecule has 0 fully saturated rings. The molecule has 19 heavy (non-hydrogen) atoms. The fourth-order valence-corrected chi connectivity index (χ4v) is 2.22. The summed E-state index contributed by atoms with van der Waals surface area (Å²) in [5.74, 6) is 0.522. The largest absolute Gasteiger partial charge is 0.495 e. The van der Waals surface area contributed by atoms with Gasteiger partial charge in [0.25, 0.3) is 0 Å². The molecule has 0 spiro atoms. The Morgan fingerprint density at radius 1 is 1.11 bits per heavy atom. The Morgan fingerprint density at radius 3 is 2.47 bits per heavy atom. The number of Topliss-reactive ketones (excluding diaryl/α,β-unsaturated/α-hetero) is 1. The number of carbonyl (C=O) groups excluding carboxylic acids is 1.